The highest BCUT2D eigenvalue weighted by atomic mass is 16.4. The monoisotopic (exact) mass is 276 g/mol. The van der Waals surface area contributed by atoms with Crippen molar-refractivity contribution < 1.29 is 9.90 Å². The molecule has 20 heavy (non-hydrogen) atoms. The van der Waals surface area contributed by atoms with Gasteiger partial charge in [-0.05, 0) is 36.5 Å². The molecule has 1 heterocycles. The molecule has 0 amide bonds. The van der Waals surface area contributed by atoms with E-state index in [0.29, 0.717) is 11.0 Å². The van der Waals surface area contributed by atoms with E-state index in [9.17, 15) is 14.4 Å². The molecule has 0 spiro atoms. The Bertz CT molecular complexity index is 745. The molecule has 0 saturated heterocycles. The van der Waals surface area contributed by atoms with E-state index in [1.54, 1.807) is 12.1 Å². The van der Waals surface area contributed by atoms with Crippen LogP contribution in [0.25, 0.3) is 11.0 Å². The van der Waals surface area contributed by atoms with Crippen LogP contribution in [0.1, 0.15) is 25.3 Å². The number of aromatic amines is 2. The van der Waals surface area contributed by atoms with Crippen LogP contribution in [-0.4, -0.2) is 21.0 Å². The van der Waals surface area contributed by atoms with Crippen LogP contribution in [0, 0.1) is 5.92 Å². The minimum Gasteiger partial charge on any atom is -0.481 e. The normalized spacial score (nSPS) is 12.4. The molecule has 0 aliphatic carbocycles. The van der Waals surface area contributed by atoms with Crippen LogP contribution in [0.3, 0.4) is 0 Å². The molecule has 2 aromatic rings. The van der Waals surface area contributed by atoms with E-state index in [2.05, 4.69) is 9.97 Å². The number of rotatable bonds is 5. The predicted molar refractivity (Wildman–Crippen MR) is 74.9 cm³/mol. The van der Waals surface area contributed by atoms with Crippen LogP contribution in [0.15, 0.2) is 27.8 Å². The number of hydrogen-bond acceptors (Lipinski definition) is 3. The van der Waals surface area contributed by atoms with Crippen molar-refractivity contribution in [2.75, 3.05) is 0 Å². The number of carboxylic acid groups (broad SMARTS) is 1. The molecule has 0 aliphatic heterocycles. The predicted octanol–water partition coefficient (Wildman–Crippen LogP) is 1.26. The van der Waals surface area contributed by atoms with Crippen LogP contribution < -0.4 is 11.1 Å². The zero-order valence-corrected chi connectivity index (χ0v) is 11.1. The molecule has 6 heteroatoms. The maximum absolute atomic E-state index is 11.3. The van der Waals surface area contributed by atoms with E-state index in [-0.39, 0.29) is 12.3 Å². The minimum atomic E-state index is -0.794. The van der Waals surface area contributed by atoms with Gasteiger partial charge in [-0.3, -0.25) is 14.4 Å². The lowest BCUT2D eigenvalue weighted by molar-refractivity contribution is -0.138. The summed E-state index contributed by atoms with van der Waals surface area (Å²) < 4.78 is 0. The lowest BCUT2D eigenvalue weighted by Gasteiger charge is -2.08. The first-order chi connectivity index (χ1) is 9.45. The molecule has 1 unspecified atom stereocenters. The molecule has 0 radical (unpaired) electrons. The quantitative estimate of drug-likeness (QED) is 0.715. The number of hydrogen-bond donors (Lipinski definition) is 3. The molecule has 3 N–H and O–H groups in total. The Morgan fingerprint density at radius 2 is 1.85 bits per heavy atom. The molecule has 0 saturated carbocycles. The second-order valence-corrected chi connectivity index (χ2v) is 5.03. The van der Waals surface area contributed by atoms with Crippen LogP contribution >= 0.6 is 0 Å². The maximum atomic E-state index is 11.3. The summed E-state index contributed by atoms with van der Waals surface area (Å²) >= 11 is 0. The Morgan fingerprint density at radius 1 is 1.20 bits per heavy atom. The zero-order chi connectivity index (χ0) is 14.7. The first-order valence-corrected chi connectivity index (χ1v) is 6.42. The van der Waals surface area contributed by atoms with Crippen molar-refractivity contribution in [1.82, 2.24) is 9.97 Å². The van der Waals surface area contributed by atoms with Crippen molar-refractivity contribution in [2.45, 2.75) is 26.2 Å². The lowest BCUT2D eigenvalue weighted by Crippen LogP contribution is -2.28. The summed E-state index contributed by atoms with van der Waals surface area (Å²) in [7, 11) is 0. The number of aromatic nitrogens is 2. The molecule has 2 rings (SSSR count). The zero-order valence-electron chi connectivity index (χ0n) is 11.1. The molecule has 0 aliphatic rings. The number of benzene rings is 1. The maximum Gasteiger partial charge on any atom is 0.314 e. The fourth-order valence-corrected chi connectivity index (χ4v) is 2.13. The Morgan fingerprint density at radius 3 is 2.50 bits per heavy atom. The van der Waals surface area contributed by atoms with Crippen molar-refractivity contribution in [1.29, 1.82) is 0 Å². The largest absolute Gasteiger partial charge is 0.481 e. The van der Waals surface area contributed by atoms with Gasteiger partial charge in [0, 0.05) is 6.42 Å². The first-order valence-electron chi connectivity index (χ1n) is 6.42. The SMILES string of the molecule is CC(CCc1ccc2[nH]c(=O)c(=O)[nH]c2c1)CC(=O)O. The summed E-state index contributed by atoms with van der Waals surface area (Å²) in [5, 5.41) is 8.71. The molecule has 0 bridgehead atoms. The Balaban J connectivity index is 2.16. The smallest absolute Gasteiger partial charge is 0.314 e. The highest BCUT2D eigenvalue weighted by Crippen LogP contribution is 2.15. The van der Waals surface area contributed by atoms with Gasteiger partial charge in [-0.1, -0.05) is 13.0 Å². The highest BCUT2D eigenvalue weighted by Gasteiger charge is 2.08. The van der Waals surface area contributed by atoms with Crippen molar-refractivity contribution in [2.24, 2.45) is 5.92 Å². The number of carbonyl (C=O) groups is 1. The molecule has 106 valence electrons. The fourth-order valence-electron chi connectivity index (χ4n) is 2.13. The first kappa shape index (κ1) is 14.0. The highest BCUT2D eigenvalue weighted by molar-refractivity contribution is 5.74. The van der Waals surface area contributed by atoms with Crippen molar-refractivity contribution in [3.8, 4) is 0 Å². The van der Waals surface area contributed by atoms with Gasteiger partial charge < -0.3 is 15.1 Å². The van der Waals surface area contributed by atoms with Crippen LogP contribution in [0.4, 0.5) is 0 Å². The van der Waals surface area contributed by atoms with Crippen LogP contribution in [0.2, 0.25) is 0 Å². The van der Waals surface area contributed by atoms with Gasteiger partial charge in [0.15, 0.2) is 0 Å². The second-order valence-electron chi connectivity index (χ2n) is 5.03. The molecule has 1 aromatic heterocycles. The van der Waals surface area contributed by atoms with Gasteiger partial charge in [0.2, 0.25) is 0 Å². The van der Waals surface area contributed by atoms with Crippen molar-refractivity contribution in [3.05, 3.63) is 44.5 Å². The van der Waals surface area contributed by atoms with Crippen LogP contribution in [0.5, 0.6) is 0 Å². The lowest BCUT2D eigenvalue weighted by atomic mass is 9.98. The van der Waals surface area contributed by atoms with E-state index in [0.717, 1.165) is 18.4 Å². The topological polar surface area (TPSA) is 103 Å². The van der Waals surface area contributed by atoms with E-state index < -0.39 is 17.1 Å². The van der Waals surface area contributed by atoms with Gasteiger partial charge in [-0.2, -0.15) is 0 Å². The number of aliphatic carboxylic acids is 1. The van der Waals surface area contributed by atoms with Gasteiger partial charge >= 0.3 is 17.1 Å². The third kappa shape index (κ3) is 3.34. The van der Waals surface area contributed by atoms with Crippen molar-refractivity contribution >= 4 is 17.0 Å². The minimum absolute atomic E-state index is 0.0952. The molecule has 6 nitrogen and oxygen atoms in total. The molecule has 1 atom stereocenters. The van der Waals surface area contributed by atoms with E-state index in [1.807, 2.05) is 13.0 Å². The van der Waals surface area contributed by atoms with E-state index in [1.165, 1.54) is 0 Å². The Hall–Kier alpha value is -2.37. The van der Waals surface area contributed by atoms with Gasteiger partial charge in [0.1, 0.15) is 0 Å². The average molecular weight is 276 g/mol. The van der Waals surface area contributed by atoms with Gasteiger partial charge in [0.25, 0.3) is 0 Å². The van der Waals surface area contributed by atoms with Gasteiger partial charge in [0.05, 0.1) is 11.0 Å². The van der Waals surface area contributed by atoms with E-state index in [4.69, 9.17) is 5.11 Å². The summed E-state index contributed by atoms with van der Waals surface area (Å²) in [6.07, 6.45) is 1.63. The van der Waals surface area contributed by atoms with E-state index >= 15 is 0 Å². The number of H-pyrrole nitrogens is 2. The van der Waals surface area contributed by atoms with Gasteiger partial charge in [-0.25, -0.2) is 0 Å². The summed E-state index contributed by atoms with van der Waals surface area (Å²) in [4.78, 5) is 38.1. The second kappa shape index (κ2) is 5.73. The third-order valence-electron chi connectivity index (χ3n) is 3.24. The molecular weight excluding hydrogens is 260 g/mol. The molecular formula is C14H16N2O4. The summed E-state index contributed by atoms with van der Waals surface area (Å²) in [6, 6.07) is 5.41. The standard InChI is InChI=1S/C14H16N2O4/c1-8(6-12(17)18)2-3-9-4-5-10-11(7-9)16-14(20)13(19)15-10/h4-5,7-8H,2-3,6H2,1H3,(H,15,19)(H,16,20)(H,17,18). The van der Waals surface area contributed by atoms with Crippen LogP contribution in [-0.2, 0) is 11.2 Å². The van der Waals surface area contributed by atoms with Gasteiger partial charge in [-0.15, -0.1) is 0 Å². The fraction of sp³-hybridized carbons (Fsp3) is 0.357. The van der Waals surface area contributed by atoms with Crippen molar-refractivity contribution in [3.63, 3.8) is 0 Å². The number of carboxylic acids is 1. The summed E-state index contributed by atoms with van der Waals surface area (Å²) in [6.45, 7) is 1.90. The Kier molecular flexibility index (Phi) is 4.02. The third-order valence-corrected chi connectivity index (χ3v) is 3.24. The Labute approximate surface area is 114 Å². The average Bonchev–Trinajstić information content (AvgIpc) is 2.37. The molecule has 0 fully saturated rings. The molecule has 1 aromatic carbocycles. The summed E-state index contributed by atoms with van der Waals surface area (Å²) in [5.41, 5.74) is 0.821. The number of fused-ring (bicyclic) bond motifs is 1. The number of nitrogens with one attached hydrogen (secondary N) is 2. The summed E-state index contributed by atoms with van der Waals surface area (Å²) in [5.74, 6) is -0.698. The number of aryl methyl sites for hydroxylation is 1.